The molecule has 0 aromatic rings. The number of phosphoric ester groups is 1. The zero-order valence-electron chi connectivity index (χ0n) is 32.3. The van der Waals surface area contributed by atoms with Gasteiger partial charge in [0.1, 0.15) is 12.7 Å². The van der Waals surface area contributed by atoms with E-state index in [0.29, 0.717) is 6.42 Å². The maximum absolute atomic E-state index is 12.0. The fourth-order valence-corrected chi connectivity index (χ4v) is 5.94. The Labute approximate surface area is 311 Å². The largest absolute Gasteiger partial charge is 0.472 e. The van der Waals surface area contributed by atoms with E-state index in [2.05, 4.69) is 67.8 Å². The molecule has 51 heavy (non-hydrogen) atoms. The summed E-state index contributed by atoms with van der Waals surface area (Å²) in [6.45, 7) is 3.44. The van der Waals surface area contributed by atoms with Gasteiger partial charge in [-0.2, -0.15) is 0 Å². The first-order valence-corrected chi connectivity index (χ1v) is 21.6. The van der Waals surface area contributed by atoms with Gasteiger partial charge in [-0.1, -0.05) is 146 Å². The molecule has 0 aliphatic heterocycles. The van der Waals surface area contributed by atoms with E-state index in [0.717, 1.165) is 64.2 Å². The summed E-state index contributed by atoms with van der Waals surface area (Å²) in [5.74, 6) is -0.536. The van der Waals surface area contributed by atoms with Crippen molar-refractivity contribution < 1.29 is 37.9 Å². The molecule has 0 fully saturated rings. The molecule has 0 saturated heterocycles. The molecular weight excluding hydrogens is 665 g/mol. The zero-order valence-corrected chi connectivity index (χ0v) is 33.2. The number of phosphoric acid groups is 1. The summed E-state index contributed by atoms with van der Waals surface area (Å²) in [4.78, 5) is 33.6. The van der Waals surface area contributed by atoms with Gasteiger partial charge >= 0.3 is 13.8 Å². The lowest BCUT2D eigenvalue weighted by molar-refractivity contribution is -0.147. The van der Waals surface area contributed by atoms with E-state index in [9.17, 15) is 24.2 Å². The summed E-state index contributed by atoms with van der Waals surface area (Å²) in [7, 11) is -4.41. The number of amides is 1. The molecular formula is C41H74NO8P. The number of unbranched alkanes of at least 4 members (excludes halogenated alkanes) is 16. The summed E-state index contributed by atoms with van der Waals surface area (Å²) in [5, 5.41) is 12.6. The molecule has 296 valence electrons. The molecule has 0 heterocycles. The minimum atomic E-state index is -4.41. The van der Waals surface area contributed by atoms with Crippen molar-refractivity contribution in [1.82, 2.24) is 5.32 Å². The molecule has 0 radical (unpaired) electrons. The maximum atomic E-state index is 12.0. The SMILES string of the molecule is CCCCC/C=C\C/C=C\C/C=C\C/C=C\CCCCCCCCCC(=O)NCCOP(=O)(O)OCC(O)COC(=O)CCCCCCCCC. The van der Waals surface area contributed by atoms with Gasteiger partial charge < -0.3 is 20.1 Å². The Kier molecular flexibility index (Phi) is 36.2. The van der Waals surface area contributed by atoms with Crippen LogP contribution in [-0.4, -0.2) is 54.3 Å². The number of allylic oxidation sites excluding steroid dienone is 8. The van der Waals surface area contributed by atoms with Crippen LogP contribution in [0.15, 0.2) is 48.6 Å². The van der Waals surface area contributed by atoms with Crippen molar-refractivity contribution in [3.8, 4) is 0 Å². The molecule has 0 aromatic carbocycles. The van der Waals surface area contributed by atoms with E-state index >= 15 is 0 Å². The van der Waals surface area contributed by atoms with Gasteiger partial charge in [0.2, 0.25) is 5.91 Å². The van der Waals surface area contributed by atoms with E-state index in [1.54, 1.807) is 0 Å². The fourth-order valence-electron chi connectivity index (χ4n) is 5.19. The molecule has 0 rings (SSSR count). The highest BCUT2D eigenvalue weighted by molar-refractivity contribution is 7.47. The van der Waals surface area contributed by atoms with Gasteiger partial charge in [0, 0.05) is 19.4 Å². The van der Waals surface area contributed by atoms with Crippen LogP contribution in [0.2, 0.25) is 0 Å². The lowest BCUT2D eigenvalue weighted by Gasteiger charge is -2.15. The van der Waals surface area contributed by atoms with Crippen LogP contribution in [-0.2, 0) is 27.9 Å². The van der Waals surface area contributed by atoms with Crippen molar-refractivity contribution in [1.29, 1.82) is 0 Å². The molecule has 0 bridgehead atoms. The Morgan fingerprint density at radius 3 is 1.63 bits per heavy atom. The van der Waals surface area contributed by atoms with Crippen LogP contribution in [0.3, 0.4) is 0 Å². The Morgan fingerprint density at radius 1 is 0.608 bits per heavy atom. The number of carbonyl (C=O) groups excluding carboxylic acids is 2. The highest BCUT2D eigenvalue weighted by Crippen LogP contribution is 2.42. The van der Waals surface area contributed by atoms with Gasteiger partial charge in [-0.15, -0.1) is 0 Å². The third kappa shape index (κ3) is 39.0. The van der Waals surface area contributed by atoms with Crippen LogP contribution < -0.4 is 5.32 Å². The van der Waals surface area contributed by atoms with Gasteiger partial charge in [0.05, 0.1) is 13.2 Å². The van der Waals surface area contributed by atoms with E-state index in [-0.39, 0.29) is 32.1 Å². The number of hydrogen-bond acceptors (Lipinski definition) is 7. The van der Waals surface area contributed by atoms with Crippen molar-refractivity contribution in [2.24, 2.45) is 0 Å². The molecule has 2 unspecified atom stereocenters. The van der Waals surface area contributed by atoms with Crippen molar-refractivity contribution in [2.45, 2.75) is 174 Å². The Hall–Kier alpha value is -2.03. The quantitative estimate of drug-likeness (QED) is 0.0248. The molecule has 2 atom stereocenters. The summed E-state index contributed by atoms with van der Waals surface area (Å²) in [6, 6.07) is 0. The van der Waals surface area contributed by atoms with Crippen LogP contribution in [0.4, 0.5) is 0 Å². The minimum Gasteiger partial charge on any atom is -0.463 e. The number of aliphatic hydroxyl groups is 1. The number of aliphatic hydroxyl groups excluding tert-OH is 1. The first-order chi connectivity index (χ1) is 24.8. The third-order valence-electron chi connectivity index (χ3n) is 8.26. The van der Waals surface area contributed by atoms with Gasteiger partial charge in [-0.05, 0) is 57.8 Å². The Morgan fingerprint density at radius 2 is 1.06 bits per heavy atom. The highest BCUT2D eigenvalue weighted by atomic mass is 31.2. The number of carbonyl (C=O) groups is 2. The molecule has 0 aliphatic rings. The van der Waals surface area contributed by atoms with Crippen molar-refractivity contribution in [3.63, 3.8) is 0 Å². The van der Waals surface area contributed by atoms with Crippen LogP contribution in [0.25, 0.3) is 0 Å². The molecule has 0 aromatic heterocycles. The zero-order chi connectivity index (χ0) is 37.5. The van der Waals surface area contributed by atoms with E-state index in [1.807, 2.05) is 0 Å². The van der Waals surface area contributed by atoms with Crippen LogP contribution >= 0.6 is 7.82 Å². The first-order valence-electron chi connectivity index (χ1n) is 20.1. The van der Waals surface area contributed by atoms with Crippen LogP contribution in [0.5, 0.6) is 0 Å². The van der Waals surface area contributed by atoms with Gasteiger partial charge in [-0.3, -0.25) is 18.6 Å². The van der Waals surface area contributed by atoms with Gasteiger partial charge in [-0.25, -0.2) is 4.57 Å². The molecule has 3 N–H and O–H groups in total. The van der Waals surface area contributed by atoms with Crippen molar-refractivity contribution in [2.75, 3.05) is 26.4 Å². The Bertz CT molecular complexity index is 981. The number of rotatable bonds is 37. The predicted octanol–water partition coefficient (Wildman–Crippen LogP) is 10.8. The lowest BCUT2D eigenvalue weighted by Crippen LogP contribution is -2.27. The highest BCUT2D eigenvalue weighted by Gasteiger charge is 2.23. The smallest absolute Gasteiger partial charge is 0.463 e. The molecule has 9 nitrogen and oxygen atoms in total. The van der Waals surface area contributed by atoms with Crippen LogP contribution in [0.1, 0.15) is 168 Å². The summed E-state index contributed by atoms with van der Waals surface area (Å²) >= 11 is 0. The fraction of sp³-hybridized carbons (Fsp3) is 0.756. The van der Waals surface area contributed by atoms with E-state index < -0.39 is 26.5 Å². The van der Waals surface area contributed by atoms with Crippen LogP contribution in [0, 0.1) is 0 Å². The van der Waals surface area contributed by atoms with E-state index in [1.165, 1.54) is 77.0 Å². The van der Waals surface area contributed by atoms with Crippen molar-refractivity contribution in [3.05, 3.63) is 48.6 Å². The second-order valence-electron chi connectivity index (χ2n) is 13.3. The molecule has 0 spiro atoms. The van der Waals surface area contributed by atoms with E-state index in [4.69, 9.17) is 13.8 Å². The van der Waals surface area contributed by atoms with Crippen molar-refractivity contribution >= 4 is 19.7 Å². The average Bonchev–Trinajstić information content (AvgIpc) is 3.11. The molecule has 10 heteroatoms. The second-order valence-corrected chi connectivity index (χ2v) is 14.7. The average molecular weight is 740 g/mol. The summed E-state index contributed by atoms with van der Waals surface area (Å²) in [6.07, 6.45) is 42.1. The summed E-state index contributed by atoms with van der Waals surface area (Å²) < 4.78 is 26.7. The lowest BCUT2D eigenvalue weighted by atomic mass is 10.1. The summed E-state index contributed by atoms with van der Waals surface area (Å²) in [5.41, 5.74) is 0. The molecule has 0 saturated carbocycles. The number of ether oxygens (including phenoxy) is 1. The number of esters is 1. The third-order valence-corrected chi connectivity index (χ3v) is 9.25. The first kappa shape index (κ1) is 49.0. The number of nitrogens with one attached hydrogen (secondary N) is 1. The molecule has 1 amide bonds. The monoisotopic (exact) mass is 740 g/mol. The minimum absolute atomic E-state index is 0.0744. The topological polar surface area (TPSA) is 131 Å². The van der Waals surface area contributed by atoms with Gasteiger partial charge in [0.25, 0.3) is 0 Å². The second kappa shape index (κ2) is 37.7. The van der Waals surface area contributed by atoms with Gasteiger partial charge in [0.15, 0.2) is 0 Å². The Balaban J connectivity index is 3.61. The normalized spacial score (nSPS) is 13.9. The number of hydrogen-bond donors (Lipinski definition) is 3. The standard InChI is InChI=1S/C41H74NO8P/c1-3-5-7-9-11-12-13-14-15-16-17-18-19-20-21-22-23-24-25-26-28-29-31-33-40(44)42-35-36-49-51(46,47)50-38-39(43)37-48-41(45)34-32-30-27-10-8-6-4-2/h11-12,14-15,17-18,20-21,39,43H,3-10,13,16,19,22-38H2,1-2H3,(H,42,44)(H,46,47)/b12-11-,15-14-,18-17-,21-20-. The molecule has 0 aliphatic carbocycles. The maximum Gasteiger partial charge on any atom is 0.472 e. The predicted molar refractivity (Wildman–Crippen MR) is 210 cm³/mol.